The van der Waals surface area contributed by atoms with Crippen LogP contribution < -0.4 is 5.32 Å². The Bertz CT molecular complexity index is 817. The molecule has 2 aromatic rings. The standard InChI is InChI=1S/C19H20FN3O3/c1-2-3-10-19(13-6-8-14(20)9-7-13)17(25)23(18(26)22-19)12-16(24)15-5-4-11-21-15/h4-9,11,21H,2-3,10,12H2,1H3,(H,22,26)/t19-/m0/s1. The van der Waals surface area contributed by atoms with Crippen molar-refractivity contribution in [2.45, 2.75) is 31.7 Å². The van der Waals surface area contributed by atoms with Gasteiger partial charge in [-0.3, -0.25) is 14.5 Å². The summed E-state index contributed by atoms with van der Waals surface area (Å²) < 4.78 is 13.3. The van der Waals surface area contributed by atoms with Gasteiger partial charge in [0, 0.05) is 6.20 Å². The number of carbonyl (C=O) groups excluding carboxylic acids is 3. The number of halogens is 1. The molecule has 2 N–H and O–H groups in total. The van der Waals surface area contributed by atoms with Gasteiger partial charge >= 0.3 is 6.03 Å². The van der Waals surface area contributed by atoms with E-state index < -0.39 is 23.3 Å². The zero-order valence-corrected chi connectivity index (χ0v) is 14.4. The molecule has 1 aromatic heterocycles. The van der Waals surface area contributed by atoms with E-state index in [0.717, 1.165) is 11.3 Å². The van der Waals surface area contributed by atoms with Crippen LogP contribution in [0, 0.1) is 5.82 Å². The maximum Gasteiger partial charge on any atom is 0.325 e. The topological polar surface area (TPSA) is 82.3 Å². The fourth-order valence-electron chi connectivity index (χ4n) is 3.19. The number of urea groups is 1. The van der Waals surface area contributed by atoms with E-state index in [0.29, 0.717) is 24.1 Å². The van der Waals surface area contributed by atoms with Gasteiger partial charge < -0.3 is 10.3 Å². The lowest BCUT2D eigenvalue weighted by Gasteiger charge is -2.27. The van der Waals surface area contributed by atoms with Gasteiger partial charge in [0.15, 0.2) is 5.78 Å². The fourth-order valence-corrected chi connectivity index (χ4v) is 3.19. The number of hydrogen-bond acceptors (Lipinski definition) is 3. The van der Waals surface area contributed by atoms with Crippen LogP contribution in [0.3, 0.4) is 0 Å². The molecule has 0 unspecified atom stereocenters. The lowest BCUT2D eigenvalue weighted by molar-refractivity contribution is -0.131. The van der Waals surface area contributed by atoms with Crippen molar-refractivity contribution < 1.29 is 18.8 Å². The Kier molecular flexibility index (Phi) is 4.88. The molecule has 1 fully saturated rings. The van der Waals surface area contributed by atoms with E-state index in [9.17, 15) is 18.8 Å². The summed E-state index contributed by atoms with van der Waals surface area (Å²) in [6.07, 6.45) is 3.51. The normalized spacial score (nSPS) is 19.7. The maximum absolute atomic E-state index is 13.3. The summed E-state index contributed by atoms with van der Waals surface area (Å²) in [6.45, 7) is 1.63. The van der Waals surface area contributed by atoms with Crippen LogP contribution in [0.15, 0.2) is 42.6 Å². The van der Waals surface area contributed by atoms with Gasteiger partial charge in [0.2, 0.25) is 0 Å². The average Bonchev–Trinajstić information content (AvgIpc) is 3.24. The van der Waals surface area contributed by atoms with Crippen LogP contribution in [0.5, 0.6) is 0 Å². The zero-order valence-electron chi connectivity index (χ0n) is 14.4. The molecule has 3 amide bonds. The van der Waals surface area contributed by atoms with Crippen LogP contribution in [-0.2, 0) is 10.3 Å². The summed E-state index contributed by atoms with van der Waals surface area (Å²) in [6, 6.07) is 8.16. The highest BCUT2D eigenvalue weighted by atomic mass is 19.1. The molecule has 0 bridgehead atoms. The van der Waals surface area contributed by atoms with Gasteiger partial charge in [-0.1, -0.05) is 31.9 Å². The van der Waals surface area contributed by atoms with Crippen LogP contribution in [0.25, 0.3) is 0 Å². The Hall–Kier alpha value is -2.96. The maximum atomic E-state index is 13.3. The van der Waals surface area contributed by atoms with Gasteiger partial charge in [-0.25, -0.2) is 9.18 Å². The largest absolute Gasteiger partial charge is 0.359 e. The Morgan fingerprint density at radius 3 is 2.54 bits per heavy atom. The van der Waals surface area contributed by atoms with Gasteiger partial charge in [-0.2, -0.15) is 0 Å². The van der Waals surface area contributed by atoms with E-state index in [1.54, 1.807) is 18.3 Å². The van der Waals surface area contributed by atoms with Crippen LogP contribution >= 0.6 is 0 Å². The molecule has 0 aliphatic carbocycles. The summed E-state index contributed by atoms with van der Waals surface area (Å²) in [5, 5.41) is 2.74. The zero-order chi connectivity index (χ0) is 18.7. The third kappa shape index (κ3) is 3.12. The van der Waals surface area contributed by atoms with Crippen molar-refractivity contribution in [3.8, 4) is 0 Å². The number of amides is 3. The minimum atomic E-state index is -1.27. The molecule has 1 atom stereocenters. The van der Waals surface area contributed by atoms with Crippen LogP contribution in [0.1, 0.15) is 42.2 Å². The third-order valence-electron chi connectivity index (χ3n) is 4.62. The number of carbonyl (C=O) groups is 3. The van der Waals surface area contributed by atoms with Crippen LogP contribution in [-0.4, -0.2) is 34.2 Å². The molecule has 1 saturated heterocycles. The van der Waals surface area contributed by atoms with Crippen molar-refractivity contribution in [1.29, 1.82) is 0 Å². The molecule has 3 rings (SSSR count). The highest BCUT2D eigenvalue weighted by molar-refractivity contribution is 6.11. The van der Waals surface area contributed by atoms with Crippen molar-refractivity contribution in [1.82, 2.24) is 15.2 Å². The molecule has 2 heterocycles. The smallest absolute Gasteiger partial charge is 0.325 e. The molecule has 1 aliphatic heterocycles. The van der Waals surface area contributed by atoms with Crippen LogP contribution in [0.2, 0.25) is 0 Å². The van der Waals surface area contributed by atoms with E-state index in [-0.39, 0.29) is 12.3 Å². The number of nitrogens with one attached hydrogen (secondary N) is 2. The number of aromatic amines is 1. The number of nitrogens with zero attached hydrogens (tertiary/aromatic N) is 1. The molecule has 6 nitrogen and oxygen atoms in total. The lowest BCUT2D eigenvalue weighted by atomic mass is 9.84. The Labute approximate surface area is 150 Å². The summed E-state index contributed by atoms with van der Waals surface area (Å²) in [5.74, 6) is -1.26. The van der Waals surface area contributed by atoms with Gasteiger partial charge in [0.05, 0.1) is 12.2 Å². The number of hydrogen-bond donors (Lipinski definition) is 2. The molecule has 1 aliphatic rings. The van der Waals surface area contributed by atoms with E-state index in [1.165, 1.54) is 24.3 Å². The van der Waals surface area contributed by atoms with E-state index in [1.807, 2.05) is 6.92 Å². The lowest BCUT2D eigenvalue weighted by Crippen LogP contribution is -2.44. The summed E-state index contributed by atoms with van der Waals surface area (Å²) in [7, 11) is 0. The highest BCUT2D eigenvalue weighted by Crippen LogP contribution is 2.34. The molecule has 0 spiro atoms. The quantitative estimate of drug-likeness (QED) is 0.590. The number of aromatic nitrogens is 1. The van der Waals surface area contributed by atoms with Crippen molar-refractivity contribution >= 4 is 17.7 Å². The van der Waals surface area contributed by atoms with Gasteiger partial charge in [0.1, 0.15) is 11.4 Å². The second-order valence-electron chi connectivity index (χ2n) is 6.34. The average molecular weight is 357 g/mol. The van der Waals surface area contributed by atoms with Crippen molar-refractivity contribution in [3.63, 3.8) is 0 Å². The number of H-pyrrole nitrogens is 1. The van der Waals surface area contributed by atoms with Crippen molar-refractivity contribution in [2.24, 2.45) is 0 Å². The molecule has 7 heteroatoms. The van der Waals surface area contributed by atoms with E-state index in [4.69, 9.17) is 0 Å². The molecule has 26 heavy (non-hydrogen) atoms. The first kappa shape index (κ1) is 17.8. The molecular formula is C19H20FN3O3. The SMILES string of the molecule is CCCC[C@@]1(c2ccc(F)cc2)NC(=O)N(CC(=O)c2ccc[nH]2)C1=O. The van der Waals surface area contributed by atoms with Gasteiger partial charge in [-0.05, 0) is 36.2 Å². The number of rotatable bonds is 7. The Balaban J connectivity index is 1.91. The first-order chi connectivity index (χ1) is 12.5. The minimum absolute atomic E-state index is 0.332. The predicted octanol–water partition coefficient (Wildman–Crippen LogP) is 2.97. The first-order valence-corrected chi connectivity index (χ1v) is 8.54. The van der Waals surface area contributed by atoms with E-state index in [2.05, 4.69) is 10.3 Å². The molecule has 136 valence electrons. The molecule has 0 radical (unpaired) electrons. The minimum Gasteiger partial charge on any atom is -0.359 e. The number of benzene rings is 1. The van der Waals surface area contributed by atoms with E-state index >= 15 is 0 Å². The Morgan fingerprint density at radius 2 is 1.92 bits per heavy atom. The number of unbranched alkanes of at least 4 members (excludes halogenated alkanes) is 1. The van der Waals surface area contributed by atoms with Crippen molar-refractivity contribution in [2.75, 3.05) is 6.54 Å². The van der Waals surface area contributed by atoms with Crippen molar-refractivity contribution in [3.05, 3.63) is 59.7 Å². The predicted molar refractivity (Wildman–Crippen MR) is 93.0 cm³/mol. The van der Waals surface area contributed by atoms with Gasteiger partial charge in [0.25, 0.3) is 5.91 Å². The monoisotopic (exact) mass is 357 g/mol. The van der Waals surface area contributed by atoms with Gasteiger partial charge in [-0.15, -0.1) is 0 Å². The molecule has 1 aromatic carbocycles. The Morgan fingerprint density at radius 1 is 1.19 bits per heavy atom. The second kappa shape index (κ2) is 7.11. The number of Topliss-reactive ketones (excluding diaryl/α,β-unsaturated/α-hetero) is 1. The van der Waals surface area contributed by atoms with Crippen LogP contribution in [0.4, 0.5) is 9.18 Å². The summed E-state index contributed by atoms with van der Waals surface area (Å²) >= 11 is 0. The summed E-state index contributed by atoms with van der Waals surface area (Å²) in [5.41, 5.74) is -0.421. The second-order valence-corrected chi connectivity index (χ2v) is 6.34. The first-order valence-electron chi connectivity index (χ1n) is 8.54. The third-order valence-corrected chi connectivity index (χ3v) is 4.62. The fraction of sp³-hybridized carbons (Fsp3) is 0.316. The molecule has 0 saturated carbocycles. The summed E-state index contributed by atoms with van der Waals surface area (Å²) in [4.78, 5) is 41.6. The number of ketones is 1. The molecular weight excluding hydrogens is 337 g/mol. The number of imide groups is 1. The highest BCUT2D eigenvalue weighted by Gasteiger charge is 2.52.